The van der Waals surface area contributed by atoms with E-state index in [0.29, 0.717) is 24.4 Å². The molecule has 1 aliphatic heterocycles. The van der Waals surface area contributed by atoms with Gasteiger partial charge in [0.15, 0.2) is 0 Å². The molecule has 1 fully saturated rings. The van der Waals surface area contributed by atoms with Crippen molar-refractivity contribution >= 4 is 12.2 Å². The maximum atomic E-state index is 12.9. The molecule has 2 aromatic rings. The zero-order valence-electron chi connectivity index (χ0n) is 13.2. The number of likely N-dealkylation sites (tertiary alicyclic amines) is 1. The van der Waals surface area contributed by atoms with E-state index in [1.54, 1.807) is 18.1 Å². The van der Waals surface area contributed by atoms with E-state index in [1.807, 2.05) is 12.1 Å². The molecule has 2 heterocycles. The van der Waals surface area contributed by atoms with Crippen LogP contribution in [0.5, 0.6) is 5.75 Å². The lowest BCUT2D eigenvalue weighted by Crippen LogP contribution is -2.29. The van der Waals surface area contributed by atoms with Gasteiger partial charge >= 0.3 is 0 Å². The quantitative estimate of drug-likeness (QED) is 0.810. The summed E-state index contributed by atoms with van der Waals surface area (Å²) in [6.07, 6.45) is 2.61. The largest absolute Gasteiger partial charge is 0.497 e. The molecule has 124 valence electrons. The monoisotopic (exact) mass is 328 g/mol. The maximum Gasteiger partial charge on any atom is 0.272 e. The first kappa shape index (κ1) is 16.1. The highest BCUT2D eigenvalue weighted by Crippen LogP contribution is 2.31. The van der Waals surface area contributed by atoms with Gasteiger partial charge in [-0.3, -0.25) is 9.59 Å². The van der Waals surface area contributed by atoms with Crippen molar-refractivity contribution in [1.82, 2.24) is 9.88 Å². The van der Waals surface area contributed by atoms with Gasteiger partial charge in [-0.15, -0.1) is 0 Å². The highest BCUT2D eigenvalue weighted by Gasteiger charge is 2.29. The Balaban J connectivity index is 1.77. The molecule has 0 spiro atoms. The minimum atomic E-state index is -0.472. The molecule has 3 rings (SSSR count). The second kappa shape index (κ2) is 6.78. The molecule has 0 radical (unpaired) electrons. The standard InChI is InChI=1S/C18H17FN2O3/c1-24-15-3-4-16(13(8-15)11-22)12-6-7-21(10-12)18(23)17-5-2-14(19)9-20-17/h2-5,8-9,11-12H,6-7,10H2,1H3. The van der Waals surface area contributed by atoms with Crippen LogP contribution < -0.4 is 4.74 Å². The number of rotatable bonds is 4. The molecule has 0 bridgehead atoms. The van der Waals surface area contributed by atoms with Crippen molar-refractivity contribution in [2.45, 2.75) is 12.3 Å². The summed E-state index contributed by atoms with van der Waals surface area (Å²) in [4.78, 5) is 29.3. The summed E-state index contributed by atoms with van der Waals surface area (Å²) in [5.41, 5.74) is 1.71. The van der Waals surface area contributed by atoms with E-state index in [-0.39, 0.29) is 17.5 Å². The van der Waals surface area contributed by atoms with Crippen LogP contribution in [0.1, 0.15) is 38.7 Å². The maximum absolute atomic E-state index is 12.9. The summed E-state index contributed by atoms with van der Waals surface area (Å²) in [6, 6.07) is 8.00. The number of aldehydes is 1. The number of amides is 1. The molecule has 1 saturated heterocycles. The van der Waals surface area contributed by atoms with Crippen molar-refractivity contribution < 1.29 is 18.7 Å². The lowest BCUT2D eigenvalue weighted by atomic mass is 9.94. The summed E-state index contributed by atoms with van der Waals surface area (Å²) in [7, 11) is 1.55. The van der Waals surface area contributed by atoms with E-state index in [4.69, 9.17) is 4.74 Å². The average molecular weight is 328 g/mol. The van der Waals surface area contributed by atoms with Crippen LogP contribution in [-0.4, -0.2) is 42.3 Å². The number of hydrogen-bond acceptors (Lipinski definition) is 4. The van der Waals surface area contributed by atoms with Crippen LogP contribution in [0.2, 0.25) is 0 Å². The first-order chi connectivity index (χ1) is 11.6. The summed E-state index contributed by atoms with van der Waals surface area (Å²) >= 11 is 0. The molecule has 1 unspecified atom stereocenters. The van der Waals surface area contributed by atoms with E-state index in [2.05, 4.69) is 4.98 Å². The van der Waals surface area contributed by atoms with Crippen LogP contribution in [0.25, 0.3) is 0 Å². The van der Waals surface area contributed by atoms with Crippen molar-refractivity contribution in [1.29, 1.82) is 0 Å². The number of hydrogen-bond donors (Lipinski definition) is 0. The van der Waals surface area contributed by atoms with Crippen LogP contribution in [0.4, 0.5) is 4.39 Å². The van der Waals surface area contributed by atoms with Crippen molar-refractivity contribution in [3.8, 4) is 5.75 Å². The van der Waals surface area contributed by atoms with Gasteiger partial charge in [0, 0.05) is 24.6 Å². The second-order valence-electron chi connectivity index (χ2n) is 5.71. The smallest absolute Gasteiger partial charge is 0.272 e. The highest BCUT2D eigenvalue weighted by atomic mass is 19.1. The Bertz CT molecular complexity index is 761. The number of nitrogens with zero attached hydrogens (tertiary/aromatic N) is 2. The van der Waals surface area contributed by atoms with E-state index in [9.17, 15) is 14.0 Å². The van der Waals surface area contributed by atoms with Gasteiger partial charge in [0.25, 0.3) is 5.91 Å². The van der Waals surface area contributed by atoms with Gasteiger partial charge in [-0.25, -0.2) is 9.37 Å². The highest BCUT2D eigenvalue weighted by molar-refractivity contribution is 5.92. The fraction of sp³-hybridized carbons (Fsp3) is 0.278. The average Bonchev–Trinajstić information content (AvgIpc) is 3.11. The van der Waals surface area contributed by atoms with Gasteiger partial charge in [-0.1, -0.05) is 6.07 Å². The Morgan fingerprint density at radius 1 is 1.38 bits per heavy atom. The van der Waals surface area contributed by atoms with Crippen LogP contribution in [0.15, 0.2) is 36.5 Å². The molecule has 1 amide bonds. The van der Waals surface area contributed by atoms with E-state index < -0.39 is 5.82 Å². The van der Waals surface area contributed by atoms with Gasteiger partial charge < -0.3 is 9.64 Å². The van der Waals surface area contributed by atoms with E-state index in [0.717, 1.165) is 24.5 Å². The second-order valence-corrected chi connectivity index (χ2v) is 5.71. The molecule has 1 atom stereocenters. The molecule has 0 aliphatic carbocycles. The van der Waals surface area contributed by atoms with Crippen molar-refractivity contribution in [3.05, 3.63) is 59.2 Å². The molecule has 24 heavy (non-hydrogen) atoms. The number of aromatic nitrogens is 1. The summed E-state index contributed by atoms with van der Waals surface area (Å²) in [5.74, 6) is 0.0150. The van der Waals surface area contributed by atoms with Gasteiger partial charge in [-0.05, 0) is 36.2 Å². The zero-order chi connectivity index (χ0) is 17.1. The number of benzene rings is 1. The third-order valence-corrected chi connectivity index (χ3v) is 4.28. The van der Waals surface area contributed by atoms with Crippen LogP contribution in [0.3, 0.4) is 0 Å². The molecular formula is C18H17FN2O3. The SMILES string of the molecule is COc1ccc(C2CCN(C(=O)c3ccc(F)cn3)C2)c(C=O)c1. The number of carbonyl (C=O) groups is 2. The lowest BCUT2D eigenvalue weighted by Gasteiger charge is -2.17. The number of methoxy groups -OCH3 is 1. The Hall–Kier alpha value is -2.76. The van der Waals surface area contributed by atoms with Gasteiger partial charge in [0.2, 0.25) is 0 Å². The first-order valence-corrected chi connectivity index (χ1v) is 7.66. The van der Waals surface area contributed by atoms with Crippen LogP contribution in [0, 0.1) is 5.82 Å². The van der Waals surface area contributed by atoms with Crippen LogP contribution >= 0.6 is 0 Å². The Labute approximate surface area is 139 Å². The number of ether oxygens (including phenoxy) is 1. The molecule has 0 N–H and O–H groups in total. The van der Waals surface area contributed by atoms with Crippen molar-refractivity contribution in [3.63, 3.8) is 0 Å². The molecule has 6 heteroatoms. The van der Waals surface area contributed by atoms with Crippen molar-refractivity contribution in [2.24, 2.45) is 0 Å². The molecular weight excluding hydrogens is 311 g/mol. The summed E-state index contributed by atoms with van der Waals surface area (Å²) in [5, 5.41) is 0. The Kier molecular flexibility index (Phi) is 4.55. The van der Waals surface area contributed by atoms with Gasteiger partial charge in [-0.2, -0.15) is 0 Å². The molecule has 5 nitrogen and oxygen atoms in total. The third kappa shape index (κ3) is 3.13. The lowest BCUT2D eigenvalue weighted by molar-refractivity contribution is 0.0785. The fourth-order valence-corrected chi connectivity index (χ4v) is 3.02. The predicted molar refractivity (Wildman–Crippen MR) is 85.8 cm³/mol. The summed E-state index contributed by atoms with van der Waals surface area (Å²) in [6.45, 7) is 1.08. The predicted octanol–water partition coefficient (Wildman–Crippen LogP) is 2.67. The Morgan fingerprint density at radius 3 is 2.88 bits per heavy atom. The third-order valence-electron chi connectivity index (χ3n) is 4.28. The molecule has 1 aromatic carbocycles. The van der Waals surface area contributed by atoms with E-state index >= 15 is 0 Å². The number of carbonyl (C=O) groups excluding carboxylic acids is 2. The normalized spacial score (nSPS) is 16.9. The topological polar surface area (TPSA) is 59.5 Å². The van der Waals surface area contributed by atoms with Gasteiger partial charge in [0.05, 0.1) is 13.3 Å². The summed E-state index contributed by atoms with van der Waals surface area (Å²) < 4.78 is 18.1. The minimum Gasteiger partial charge on any atom is -0.497 e. The zero-order valence-corrected chi connectivity index (χ0v) is 13.2. The van der Waals surface area contributed by atoms with E-state index in [1.165, 1.54) is 12.1 Å². The van der Waals surface area contributed by atoms with Crippen LogP contribution in [-0.2, 0) is 0 Å². The molecule has 1 aliphatic rings. The van der Waals surface area contributed by atoms with Crippen molar-refractivity contribution in [2.75, 3.05) is 20.2 Å². The Morgan fingerprint density at radius 2 is 2.21 bits per heavy atom. The number of pyridine rings is 1. The number of halogens is 1. The first-order valence-electron chi connectivity index (χ1n) is 7.66. The molecule has 1 aromatic heterocycles. The molecule has 0 saturated carbocycles. The fourth-order valence-electron chi connectivity index (χ4n) is 3.02. The van der Waals surface area contributed by atoms with Gasteiger partial charge in [0.1, 0.15) is 23.5 Å². The minimum absolute atomic E-state index is 0.0838.